The Morgan fingerprint density at radius 2 is 1.75 bits per heavy atom. The first-order chi connectivity index (χ1) is 13.2. The van der Waals surface area contributed by atoms with Crippen molar-refractivity contribution in [2.24, 2.45) is 11.8 Å². The topological polar surface area (TPSA) is 66.5 Å². The molecular formula is C19H18ClF3N2O3. The largest absolute Gasteiger partial charge is 0.417 e. The van der Waals surface area contributed by atoms with Crippen molar-refractivity contribution in [2.45, 2.75) is 31.9 Å². The molecule has 1 fully saturated rings. The van der Waals surface area contributed by atoms with Gasteiger partial charge in [-0.15, -0.1) is 0 Å². The summed E-state index contributed by atoms with van der Waals surface area (Å²) in [5, 5.41) is 1.93. The number of imide groups is 1. The first-order valence-corrected chi connectivity index (χ1v) is 9.23. The molecule has 5 nitrogen and oxygen atoms in total. The molecule has 0 radical (unpaired) electrons. The van der Waals surface area contributed by atoms with E-state index in [9.17, 15) is 27.6 Å². The minimum absolute atomic E-state index is 0.0212. The second kappa shape index (κ2) is 7.95. The number of likely N-dealkylation sites (tertiary alicyclic amines) is 1. The van der Waals surface area contributed by atoms with E-state index in [4.69, 9.17) is 11.6 Å². The third kappa shape index (κ3) is 4.22. The molecule has 0 spiro atoms. The van der Waals surface area contributed by atoms with E-state index in [0.717, 1.165) is 12.1 Å². The van der Waals surface area contributed by atoms with Crippen molar-refractivity contribution >= 4 is 35.0 Å². The molecule has 1 aliphatic carbocycles. The van der Waals surface area contributed by atoms with Crippen LogP contribution in [-0.4, -0.2) is 29.2 Å². The van der Waals surface area contributed by atoms with E-state index < -0.39 is 22.7 Å². The molecular weight excluding hydrogens is 397 g/mol. The highest BCUT2D eigenvalue weighted by Crippen LogP contribution is 2.36. The van der Waals surface area contributed by atoms with Gasteiger partial charge in [0.15, 0.2) is 0 Å². The Balaban J connectivity index is 1.53. The Morgan fingerprint density at radius 3 is 2.32 bits per heavy atom. The van der Waals surface area contributed by atoms with E-state index in [1.54, 1.807) is 0 Å². The summed E-state index contributed by atoms with van der Waals surface area (Å²) in [4.78, 5) is 37.9. The van der Waals surface area contributed by atoms with Gasteiger partial charge in [0.2, 0.25) is 17.7 Å². The maximum absolute atomic E-state index is 12.9. The van der Waals surface area contributed by atoms with Gasteiger partial charge in [-0.1, -0.05) is 23.8 Å². The van der Waals surface area contributed by atoms with Gasteiger partial charge in [-0.3, -0.25) is 19.3 Å². The Kier molecular flexibility index (Phi) is 5.79. The van der Waals surface area contributed by atoms with Crippen molar-refractivity contribution in [1.29, 1.82) is 0 Å². The monoisotopic (exact) mass is 414 g/mol. The molecule has 2 atom stereocenters. The van der Waals surface area contributed by atoms with E-state index in [0.29, 0.717) is 12.8 Å². The van der Waals surface area contributed by atoms with Crippen LogP contribution in [0.15, 0.2) is 30.4 Å². The zero-order chi connectivity index (χ0) is 20.5. The van der Waals surface area contributed by atoms with E-state index >= 15 is 0 Å². The van der Waals surface area contributed by atoms with Gasteiger partial charge in [0.1, 0.15) is 0 Å². The van der Waals surface area contributed by atoms with Gasteiger partial charge in [-0.2, -0.15) is 13.2 Å². The maximum atomic E-state index is 12.9. The van der Waals surface area contributed by atoms with Gasteiger partial charge in [0.05, 0.1) is 22.4 Å². The van der Waals surface area contributed by atoms with Crippen LogP contribution < -0.4 is 5.32 Å². The second-order valence-corrected chi connectivity index (χ2v) is 7.24. The van der Waals surface area contributed by atoms with Crippen molar-refractivity contribution in [2.75, 3.05) is 11.9 Å². The maximum Gasteiger partial charge on any atom is 0.417 e. The van der Waals surface area contributed by atoms with Crippen LogP contribution in [0.5, 0.6) is 0 Å². The first kappa shape index (κ1) is 20.4. The van der Waals surface area contributed by atoms with Crippen molar-refractivity contribution in [3.63, 3.8) is 0 Å². The fraction of sp³-hybridized carbons (Fsp3) is 0.421. The molecule has 0 aromatic heterocycles. The van der Waals surface area contributed by atoms with E-state index in [1.165, 1.54) is 11.0 Å². The highest BCUT2D eigenvalue weighted by Gasteiger charge is 2.46. The van der Waals surface area contributed by atoms with Gasteiger partial charge in [0, 0.05) is 18.7 Å². The van der Waals surface area contributed by atoms with E-state index in [-0.39, 0.29) is 48.7 Å². The number of halogens is 4. The number of carbonyl (C=O) groups excluding carboxylic acids is 3. The highest BCUT2D eigenvalue weighted by atomic mass is 35.5. The van der Waals surface area contributed by atoms with Gasteiger partial charge in [0.25, 0.3) is 0 Å². The first-order valence-electron chi connectivity index (χ1n) is 8.85. The molecule has 1 N–H and O–H groups in total. The molecule has 3 rings (SSSR count). The molecule has 1 saturated heterocycles. The summed E-state index contributed by atoms with van der Waals surface area (Å²) < 4.78 is 38.6. The van der Waals surface area contributed by atoms with Crippen LogP contribution in [0.2, 0.25) is 5.02 Å². The number of nitrogens with zero attached hydrogens (tertiary/aromatic N) is 1. The van der Waals surface area contributed by atoms with Crippen molar-refractivity contribution < 1.29 is 27.6 Å². The zero-order valence-electron chi connectivity index (χ0n) is 14.8. The lowest BCUT2D eigenvalue weighted by Crippen LogP contribution is -2.32. The second-order valence-electron chi connectivity index (χ2n) is 6.83. The van der Waals surface area contributed by atoms with Crippen LogP contribution in [-0.2, 0) is 20.6 Å². The standard InChI is InChI=1S/C19H18ClF3N2O3/c20-15-8-7-11(10-14(15)19(21,22)23)24-16(26)6-3-9-25-17(27)12-4-1-2-5-13(12)18(25)28/h1-2,7-8,10,12-13H,3-6,9H2,(H,24,26)/t12-,13+. The lowest BCUT2D eigenvalue weighted by atomic mass is 9.85. The molecule has 9 heteroatoms. The minimum atomic E-state index is -4.63. The third-order valence-corrected chi connectivity index (χ3v) is 5.27. The molecule has 1 aromatic rings. The molecule has 0 unspecified atom stereocenters. The van der Waals surface area contributed by atoms with Crippen molar-refractivity contribution in [1.82, 2.24) is 4.90 Å². The molecule has 1 heterocycles. The van der Waals surface area contributed by atoms with Crippen LogP contribution in [0, 0.1) is 11.8 Å². The number of alkyl halides is 3. The van der Waals surface area contributed by atoms with Crippen LogP contribution in [0.3, 0.4) is 0 Å². The minimum Gasteiger partial charge on any atom is -0.326 e. The summed E-state index contributed by atoms with van der Waals surface area (Å²) in [7, 11) is 0. The van der Waals surface area contributed by atoms with Crippen LogP contribution in [0.4, 0.5) is 18.9 Å². The number of fused-ring (bicyclic) bond motifs is 1. The molecule has 1 aromatic carbocycles. The Morgan fingerprint density at radius 1 is 1.14 bits per heavy atom. The Bertz CT molecular complexity index is 812. The number of hydrogen-bond donors (Lipinski definition) is 1. The fourth-order valence-electron chi connectivity index (χ4n) is 3.53. The molecule has 2 aliphatic rings. The molecule has 150 valence electrons. The molecule has 1 aliphatic heterocycles. The highest BCUT2D eigenvalue weighted by molar-refractivity contribution is 6.31. The number of rotatable bonds is 5. The number of benzene rings is 1. The lowest BCUT2D eigenvalue weighted by Gasteiger charge is -2.15. The molecule has 3 amide bonds. The summed E-state index contributed by atoms with van der Waals surface area (Å²) in [5.41, 5.74) is -1.05. The Labute approximate surface area is 164 Å². The SMILES string of the molecule is O=C(CCCN1C(=O)[C@H]2CC=CC[C@H]2C1=O)Nc1ccc(Cl)c(C(F)(F)F)c1. The number of amides is 3. The van der Waals surface area contributed by atoms with Gasteiger partial charge >= 0.3 is 6.18 Å². The average molecular weight is 415 g/mol. The summed E-state index contributed by atoms with van der Waals surface area (Å²) in [6.45, 7) is 0.118. The average Bonchev–Trinajstić information content (AvgIpc) is 2.87. The number of allylic oxidation sites excluding steroid dienone is 2. The Hall–Kier alpha value is -2.35. The van der Waals surface area contributed by atoms with E-state index in [1.807, 2.05) is 12.2 Å². The van der Waals surface area contributed by atoms with Crippen molar-refractivity contribution in [3.8, 4) is 0 Å². The number of hydrogen-bond acceptors (Lipinski definition) is 3. The summed E-state index contributed by atoms with van der Waals surface area (Å²) in [6.07, 6.45) is 0.453. The van der Waals surface area contributed by atoms with Crippen LogP contribution >= 0.6 is 11.6 Å². The summed E-state index contributed by atoms with van der Waals surface area (Å²) >= 11 is 5.55. The summed E-state index contributed by atoms with van der Waals surface area (Å²) in [6, 6.07) is 3.11. The quantitative estimate of drug-likeness (QED) is 0.584. The number of carbonyl (C=O) groups is 3. The van der Waals surface area contributed by atoms with Crippen LogP contribution in [0.25, 0.3) is 0 Å². The normalized spacial score (nSPS) is 21.8. The van der Waals surface area contributed by atoms with Crippen molar-refractivity contribution in [3.05, 3.63) is 40.9 Å². The molecule has 0 saturated carbocycles. The fourth-order valence-corrected chi connectivity index (χ4v) is 3.76. The van der Waals surface area contributed by atoms with Gasteiger partial charge in [-0.05, 0) is 37.5 Å². The van der Waals surface area contributed by atoms with Gasteiger partial charge in [-0.25, -0.2) is 0 Å². The smallest absolute Gasteiger partial charge is 0.326 e. The summed E-state index contributed by atoms with van der Waals surface area (Å²) in [5.74, 6) is -1.57. The predicted octanol–water partition coefficient (Wildman–Crippen LogP) is 4.03. The number of anilines is 1. The van der Waals surface area contributed by atoms with Gasteiger partial charge < -0.3 is 5.32 Å². The third-order valence-electron chi connectivity index (χ3n) is 4.94. The lowest BCUT2D eigenvalue weighted by molar-refractivity contribution is -0.140. The molecule has 0 bridgehead atoms. The zero-order valence-corrected chi connectivity index (χ0v) is 15.5. The predicted molar refractivity (Wildman–Crippen MR) is 96.4 cm³/mol. The van der Waals surface area contributed by atoms with E-state index in [2.05, 4.69) is 5.32 Å². The van der Waals surface area contributed by atoms with Crippen LogP contribution in [0.1, 0.15) is 31.2 Å². The molecule has 28 heavy (non-hydrogen) atoms. The number of nitrogens with one attached hydrogen (secondary N) is 1.